The molecule has 27 heavy (non-hydrogen) atoms. The normalized spacial score (nSPS) is 11.9. The van der Waals surface area contributed by atoms with Crippen molar-refractivity contribution >= 4 is 5.97 Å². The van der Waals surface area contributed by atoms with Crippen LogP contribution in [0.3, 0.4) is 0 Å². The molecule has 0 aliphatic heterocycles. The van der Waals surface area contributed by atoms with Gasteiger partial charge in [0.15, 0.2) is 12.2 Å². The van der Waals surface area contributed by atoms with Gasteiger partial charge in [-0.15, -0.1) is 0 Å². The lowest BCUT2D eigenvalue weighted by Crippen LogP contribution is -2.30. The first-order valence-corrected chi connectivity index (χ1v) is 9.24. The summed E-state index contributed by atoms with van der Waals surface area (Å²) in [5.74, 6) is -0.349. The van der Waals surface area contributed by atoms with E-state index in [0.717, 1.165) is 16.7 Å². The first kappa shape index (κ1) is 18.9. The van der Waals surface area contributed by atoms with E-state index in [1.54, 1.807) is 0 Å². The van der Waals surface area contributed by atoms with E-state index in [0.29, 0.717) is 13.0 Å². The Labute approximate surface area is 160 Å². The molecule has 0 aliphatic carbocycles. The number of ether oxygens (including phenoxy) is 2. The zero-order chi connectivity index (χ0) is 18.9. The van der Waals surface area contributed by atoms with Crippen molar-refractivity contribution in [3.63, 3.8) is 0 Å². The zero-order valence-corrected chi connectivity index (χ0v) is 15.5. The zero-order valence-electron chi connectivity index (χ0n) is 15.5. The third-order valence-corrected chi connectivity index (χ3v) is 4.33. The Kier molecular flexibility index (Phi) is 6.78. The minimum atomic E-state index is -0.632. The van der Waals surface area contributed by atoms with E-state index in [2.05, 4.69) is 0 Å². The summed E-state index contributed by atoms with van der Waals surface area (Å²) >= 11 is 0. The van der Waals surface area contributed by atoms with Crippen LogP contribution in [0.5, 0.6) is 0 Å². The van der Waals surface area contributed by atoms with Crippen molar-refractivity contribution in [2.45, 2.75) is 25.6 Å². The van der Waals surface area contributed by atoms with Gasteiger partial charge < -0.3 is 9.47 Å². The molecule has 0 amide bonds. The Hall–Kier alpha value is -2.91. The van der Waals surface area contributed by atoms with Crippen molar-refractivity contribution in [2.75, 3.05) is 6.61 Å². The summed E-state index contributed by atoms with van der Waals surface area (Å²) in [5.41, 5.74) is 2.92. The number of rotatable bonds is 8. The fourth-order valence-electron chi connectivity index (χ4n) is 3.02. The number of hydrogen-bond acceptors (Lipinski definition) is 3. The Morgan fingerprint density at radius 2 is 1.26 bits per heavy atom. The van der Waals surface area contributed by atoms with Gasteiger partial charge in [0.2, 0.25) is 0 Å². The van der Waals surface area contributed by atoms with Gasteiger partial charge in [0.25, 0.3) is 0 Å². The van der Waals surface area contributed by atoms with Gasteiger partial charge in [0.1, 0.15) is 0 Å². The van der Waals surface area contributed by atoms with Gasteiger partial charge >= 0.3 is 5.97 Å². The Bertz CT molecular complexity index is 777. The van der Waals surface area contributed by atoms with Crippen LogP contribution in [-0.4, -0.2) is 18.7 Å². The molecule has 3 aromatic carbocycles. The van der Waals surface area contributed by atoms with Gasteiger partial charge in [0, 0.05) is 13.0 Å². The summed E-state index contributed by atoms with van der Waals surface area (Å²) in [7, 11) is 0. The highest BCUT2D eigenvalue weighted by Crippen LogP contribution is 2.27. The molecule has 0 saturated carbocycles. The van der Waals surface area contributed by atoms with E-state index in [4.69, 9.17) is 9.47 Å². The average molecular weight is 360 g/mol. The highest BCUT2D eigenvalue weighted by molar-refractivity contribution is 5.75. The van der Waals surface area contributed by atoms with Crippen LogP contribution in [-0.2, 0) is 20.7 Å². The summed E-state index contributed by atoms with van der Waals surface area (Å²) in [6.07, 6.45) is -0.602. The van der Waals surface area contributed by atoms with Crippen molar-refractivity contribution < 1.29 is 14.3 Å². The van der Waals surface area contributed by atoms with E-state index in [1.165, 1.54) is 0 Å². The number of hydrogen-bond donors (Lipinski definition) is 0. The van der Waals surface area contributed by atoms with E-state index in [-0.39, 0.29) is 5.97 Å². The first-order valence-electron chi connectivity index (χ1n) is 9.24. The molecule has 1 atom stereocenters. The minimum Gasteiger partial charge on any atom is -0.451 e. The van der Waals surface area contributed by atoms with Crippen LogP contribution in [0.1, 0.15) is 29.7 Å². The lowest BCUT2D eigenvalue weighted by Gasteiger charge is -2.23. The smallest absolute Gasteiger partial charge is 0.336 e. The number of carbonyl (C=O) groups is 1. The van der Waals surface area contributed by atoms with E-state index >= 15 is 0 Å². The molecule has 0 radical (unpaired) electrons. The fourth-order valence-corrected chi connectivity index (χ4v) is 3.02. The van der Waals surface area contributed by atoms with Crippen molar-refractivity contribution in [2.24, 2.45) is 0 Å². The second-order valence-corrected chi connectivity index (χ2v) is 6.27. The van der Waals surface area contributed by atoms with E-state index in [9.17, 15) is 4.79 Å². The maximum atomic E-state index is 12.9. The minimum absolute atomic E-state index is 0.349. The van der Waals surface area contributed by atoms with Crippen LogP contribution in [0.15, 0.2) is 91.0 Å². The van der Waals surface area contributed by atoms with E-state index in [1.807, 2.05) is 97.9 Å². The molecule has 3 aromatic rings. The predicted octanol–water partition coefficient (Wildman–Crippen LogP) is 4.97. The molecule has 0 N–H and O–H groups in total. The molecular formula is C24H24O3. The molecule has 3 nitrogen and oxygen atoms in total. The van der Waals surface area contributed by atoms with Gasteiger partial charge in [-0.3, -0.25) is 0 Å². The largest absolute Gasteiger partial charge is 0.451 e. The van der Waals surface area contributed by atoms with Crippen LogP contribution >= 0.6 is 0 Å². The second-order valence-electron chi connectivity index (χ2n) is 6.27. The van der Waals surface area contributed by atoms with Gasteiger partial charge in [-0.05, 0) is 23.6 Å². The van der Waals surface area contributed by atoms with Crippen molar-refractivity contribution in [1.82, 2.24) is 0 Å². The molecule has 0 saturated heterocycles. The van der Waals surface area contributed by atoms with Crippen LogP contribution < -0.4 is 0 Å². The molecule has 0 aromatic heterocycles. The molecule has 0 bridgehead atoms. The monoisotopic (exact) mass is 360 g/mol. The Morgan fingerprint density at radius 3 is 1.74 bits per heavy atom. The van der Waals surface area contributed by atoms with Crippen LogP contribution in [0.4, 0.5) is 0 Å². The third-order valence-electron chi connectivity index (χ3n) is 4.33. The highest BCUT2D eigenvalue weighted by atomic mass is 16.6. The van der Waals surface area contributed by atoms with Gasteiger partial charge in [0.05, 0.1) is 0 Å². The van der Waals surface area contributed by atoms with Gasteiger partial charge in [-0.25, -0.2) is 4.79 Å². The third kappa shape index (κ3) is 5.28. The summed E-state index contributed by atoms with van der Waals surface area (Å²) in [6, 6.07) is 29.4. The summed E-state index contributed by atoms with van der Waals surface area (Å²) in [5, 5.41) is 0. The summed E-state index contributed by atoms with van der Waals surface area (Å²) in [6.45, 7) is 2.34. The molecule has 0 heterocycles. The SMILES string of the molecule is CCOC(Cc1ccccc1)C(=O)OC(c1ccccc1)c1ccccc1. The highest BCUT2D eigenvalue weighted by Gasteiger charge is 2.26. The quantitative estimate of drug-likeness (QED) is 0.532. The number of benzene rings is 3. The molecule has 0 fully saturated rings. The predicted molar refractivity (Wildman–Crippen MR) is 106 cm³/mol. The topological polar surface area (TPSA) is 35.5 Å². The maximum absolute atomic E-state index is 12.9. The maximum Gasteiger partial charge on any atom is 0.336 e. The van der Waals surface area contributed by atoms with Gasteiger partial charge in [-0.1, -0.05) is 91.0 Å². The van der Waals surface area contributed by atoms with E-state index < -0.39 is 12.2 Å². The number of esters is 1. The molecule has 0 aliphatic rings. The van der Waals surface area contributed by atoms with Crippen molar-refractivity contribution in [1.29, 1.82) is 0 Å². The van der Waals surface area contributed by atoms with Crippen molar-refractivity contribution in [3.8, 4) is 0 Å². The fraction of sp³-hybridized carbons (Fsp3) is 0.208. The Balaban J connectivity index is 1.81. The lowest BCUT2D eigenvalue weighted by molar-refractivity contribution is -0.161. The summed E-state index contributed by atoms with van der Waals surface area (Å²) in [4.78, 5) is 12.9. The van der Waals surface area contributed by atoms with Crippen LogP contribution in [0, 0.1) is 0 Å². The van der Waals surface area contributed by atoms with Gasteiger partial charge in [-0.2, -0.15) is 0 Å². The van der Waals surface area contributed by atoms with Crippen LogP contribution in [0.2, 0.25) is 0 Å². The average Bonchev–Trinajstić information content (AvgIpc) is 2.73. The Morgan fingerprint density at radius 1 is 0.778 bits per heavy atom. The van der Waals surface area contributed by atoms with Crippen LogP contribution in [0.25, 0.3) is 0 Å². The standard InChI is InChI=1S/C24H24O3/c1-2-26-22(18-19-12-6-3-7-13-19)24(25)27-23(20-14-8-4-9-15-20)21-16-10-5-11-17-21/h3-17,22-23H,2,18H2,1H3. The number of carbonyl (C=O) groups excluding carboxylic acids is 1. The first-order chi connectivity index (χ1) is 13.3. The molecule has 3 heteroatoms. The molecule has 1 unspecified atom stereocenters. The van der Waals surface area contributed by atoms with Crippen molar-refractivity contribution in [3.05, 3.63) is 108 Å². The molecule has 0 spiro atoms. The second kappa shape index (κ2) is 9.70. The molecular weight excluding hydrogens is 336 g/mol. The molecule has 138 valence electrons. The molecule has 3 rings (SSSR count). The lowest BCUT2D eigenvalue weighted by atomic mass is 10.0. The summed E-state index contributed by atoms with van der Waals surface area (Å²) < 4.78 is 11.7.